The first-order chi connectivity index (χ1) is 8.26. The average Bonchev–Trinajstić information content (AvgIpc) is 2.72. The summed E-state index contributed by atoms with van der Waals surface area (Å²) < 4.78 is 7.08. The second-order valence-electron chi connectivity index (χ2n) is 3.62. The Kier molecular flexibility index (Phi) is 3.10. The maximum atomic E-state index is 9.05. The van der Waals surface area contributed by atoms with Gasteiger partial charge in [-0.1, -0.05) is 0 Å². The zero-order valence-corrected chi connectivity index (χ0v) is 9.84. The van der Waals surface area contributed by atoms with E-state index in [2.05, 4.69) is 11.1 Å². The Morgan fingerprint density at radius 2 is 2.06 bits per heavy atom. The lowest BCUT2D eigenvalue weighted by atomic mass is 10.1. The fraction of sp³-hybridized carbons (Fsp3) is 0.231. The van der Waals surface area contributed by atoms with Gasteiger partial charge in [-0.05, 0) is 31.2 Å². The Morgan fingerprint density at radius 3 is 2.65 bits per heavy atom. The van der Waals surface area contributed by atoms with Gasteiger partial charge in [0.1, 0.15) is 23.2 Å². The van der Waals surface area contributed by atoms with Gasteiger partial charge in [0.25, 0.3) is 0 Å². The van der Waals surface area contributed by atoms with Crippen LogP contribution in [0.5, 0.6) is 5.75 Å². The lowest BCUT2D eigenvalue weighted by Crippen LogP contribution is -1.92. The maximum Gasteiger partial charge on any atom is 0.147 e. The van der Waals surface area contributed by atoms with Crippen LogP contribution in [0, 0.1) is 11.3 Å². The molecule has 2 aromatic rings. The monoisotopic (exact) mass is 227 g/mol. The van der Waals surface area contributed by atoms with Crippen molar-refractivity contribution in [2.24, 2.45) is 7.05 Å². The number of nitrogens with zero attached hydrogens (tertiary/aromatic N) is 3. The molecular formula is C13H13N3O. The summed E-state index contributed by atoms with van der Waals surface area (Å²) in [6.45, 7) is 2.59. The molecule has 0 aliphatic heterocycles. The van der Waals surface area contributed by atoms with Gasteiger partial charge in [-0.3, -0.25) is 0 Å². The van der Waals surface area contributed by atoms with Crippen LogP contribution >= 0.6 is 0 Å². The molecule has 0 saturated carbocycles. The molecule has 0 bridgehead atoms. The van der Waals surface area contributed by atoms with E-state index >= 15 is 0 Å². The molecule has 0 saturated heterocycles. The topological polar surface area (TPSA) is 50.8 Å². The Hall–Kier alpha value is -2.28. The van der Waals surface area contributed by atoms with Crippen LogP contribution in [-0.2, 0) is 7.05 Å². The molecule has 17 heavy (non-hydrogen) atoms. The molecule has 0 aliphatic carbocycles. The van der Waals surface area contributed by atoms with E-state index in [1.165, 1.54) is 0 Å². The van der Waals surface area contributed by atoms with E-state index in [1.54, 1.807) is 10.9 Å². The van der Waals surface area contributed by atoms with Crippen molar-refractivity contribution in [2.45, 2.75) is 6.92 Å². The first kappa shape index (κ1) is 11.2. The van der Waals surface area contributed by atoms with Gasteiger partial charge in [-0.25, -0.2) is 4.98 Å². The minimum atomic E-state index is 0.564. The smallest absolute Gasteiger partial charge is 0.147 e. The van der Waals surface area contributed by atoms with Crippen molar-refractivity contribution >= 4 is 0 Å². The Labute approximate surface area is 100 Å². The van der Waals surface area contributed by atoms with Crippen molar-refractivity contribution in [3.63, 3.8) is 0 Å². The minimum Gasteiger partial charge on any atom is -0.494 e. The summed E-state index contributed by atoms with van der Waals surface area (Å²) in [5.41, 5.74) is 2.19. The third-order valence-corrected chi connectivity index (χ3v) is 2.48. The zero-order chi connectivity index (χ0) is 12.3. The number of imidazole rings is 1. The van der Waals surface area contributed by atoms with Crippen molar-refractivity contribution in [1.29, 1.82) is 5.26 Å². The predicted octanol–water partition coefficient (Wildman–Crippen LogP) is 2.36. The molecule has 0 radical (unpaired) electrons. The summed E-state index contributed by atoms with van der Waals surface area (Å²) in [4.78, 5) is 4.23. The second-order valence-corrected chi connectivity index (χ2v) is 3.62. The van der Waals surface area contributed by atoms with Gasteiger partial charge in [0.2, 0.25) is 0 Å². The summed E-state index contributed by atoms with van der Waals surface area (Å²) in [6, 6.07) is 9.74. The van der Waals surface area contributed by atoms with Crippen LogP contribution in [-0.4, -0.2) is 16.2 Å². The fourth-order valence-corrected chi connectivity index (χ4v) is 1.65. The van der Waals surface area contributed by atoms with Gasteiger partial charge in [0.15, 0.2) is 0 Å². The number of hydrogen-bond acceptors (Lipinski definition) is 3. The van der Waals surface area contributed by atoms with Crippen LogP contribution in [0.25, 0.3) is 11.3 Å². The number of hydrogen-bond donors (Lipinski definition) is 0. The van der Waals surface area contributed by atoms with Gasteiger partial charge in [0, 0.05) is 12.6 Å². The third-order valence-electron chi connectivity index (χ3n) is 2.48. The lowest BCUT2D eigenvalue weighted by Gasteiger charge is -2.03. The number of ether oxygens (including phenoxy) is 1. The summed E-state index contributed by atoms with van der Waals surface area (Å²) in [5, 5.41) is 9.05. The molecule has 0 unspecified atom stereocenters. The number of benzene rings is 1. The van der Waals surface area contributed by atoms with Crippen LogP contribution in [0.2, 0.25) is 0 Å². The van der Waals surface area contributed by atoms with E-state index in [9.17, 15) is 0 Å². The quantitative estimate of drug-likeness (QED) is 0.808. The highest BCUT2D eigenvalue weighted by Crippen LogP contribution is 2.23. The highest BCUT2D eigenvalue weighted by Gasteiger charge is 2.10. The number of rotatable bonds is 3. The first-order valence-corrected chi connectivity index (χ1v) is 5.41. The van der Waals surface area contributed by atoms with Crippen molar-refractivity contribution in [1.82, 2.24) is 9.55 Å². The Balaban J connectivity index is 2.37. The molecule has 86 valence electrons. The van der Waals surface area contributed by atoms with Crippen LogP contribution in [0.4, 0.5) is 0 Å². The summed E-state index contributed by atoms with van der Waals surface area (Å²) in [5.74, 6) is 0.825. The van der Waals surface area contributed by atoms with Gasteiger partial charge in [-0.15, -0.1) is 0 Å². The number of nitriles is 1. The van der Waals surface area contributed by atoms with Crippen molar-refractivity contribution in [2.75, 3.05) is 6.61 Å². The number of aromatic nitrogens is 2. The molecule has 0 spiro atoms. The van der Waals surface area contributed by atoms with E-state index in [1.807, 2.05) is 38.2 Å². The van der Waals surface area contributed by atoms with E-state index in [-0.39, 0.29) is 0 Å². The Morgan fingerprint density at radius 1 is 1.35 bits per heavy atom. The predicted molar refractivity (Wildman–Crippen MR) is 64.5 cm³/mol. The maximum absolute atomic E-state index is 9.05. The van der Waals surface area contributed by atoms with E-state index in [0.717, 1.165) is 11.3 Å². The molecule has 1 aromatic carbocycles. The third kappa shape index (κ3) is 2.13. The van der Waals surface area contributed by atoms with Gasteiger partial charge in [0.05, 0.1) is 12.9 Å². The molecule has 1 heterocycles. The van der Waals surface area contributed by atoms with Crippen LogP contribution < -0.4 is 4.74 Å². The van der Waals surface area contributed by atoms with Gasteiger partial charge in [-0.2, -0.15) is 5.26 Å². The van der Waals surface area contributed by atoms with Crippen LogP contribution in [0.1, 0.15) is 12.6 Å². The molecule has 0 fully saturated rings. The Bertz CT molecular complexity index is 549. The molecule has 4 heteroatoms. The SMILES string of the molecule is CCOc1ccc(-c2ncn(C)c2C#N)cc1. The summed E-state index contributed by atoms with van der Waals surface area (Å²) in [6.07, 6.45) is 1.64. The molecule has 0 amide bonds. The molecular weight excluding hydrogens is 214 g/mol. The standard InChI is InChI=1S/C13H13N3O/c1-3-17-11-6-4-10(5-7-11)13-12(8-14)16(2)9-15-13/h4-7,9H,3H2,1-2H3. The van der Waals surface area contributed by atoms with Crippen molar-refractivity contribution < 1.29 is 4.74 Å². The molecule has 0 aliphatic rings. The molecule has 4 nitrogen and oxygen atoms in total. The van der Waals surface area contributed by atoms with Crippen molar-refractivity contribution in [3.05, 3.63) is 36.3 Å². The summed E-state index contributed by atoms with van der Waals surface area (Å²) >= 11 is 0. The van der Waals surface area contributed by atoms with Crippen LogP contribution in [0.15, 0.2) is 30.6 Å². The number of aryl methyl sites for hydroxylation is 1. The molecule has 0 N–H and O–H groups in total. The largest absolute Gasteiger partial charge is 0.494 e. The highest BCUT2D eigenvalue weighted by molar-refractivity contribution is 5.65. The zero-order valence-electron chi connectivity index (χ0n) is 9.84. The van der Waals surface area contributed by atoms with Crippen molar-refractivity contribution in [3.8, 4) is 23.1 Å². The van der Waals surface area contributed by atoms with Crippen LogP contribution in [0.3, 0.4) is 0 Å². The normalized spacial score (nSPS) is 9.94. The summed E-state index contributed by atoms with van der Waals surface area (Å²) in [7, 11) is 1.81. The molecule has 0 atom stereocenters. The second kappa shape index (κ2) is 4.71. The van der Waals surface area contributed by atoms with E-state index in [0.29, 0.717) is 18.0 Å². The first-order valence-electron chi connectivity index (χ1n) is 5.41. The molecule has 1 aromatic heterocycles. The average molecular weight is 227 g/mol. The highest BCUT2D eigenvalue weighted by atomic mass is 16.5. The van der Waals surface area contributed by atoms with E-state index in [4.69, 9.17) is 10.00 Å². The van der Waals surface area contributed by atoms with Gasteiger partial charge < -0.3 is 9.30 Å². The lowest BCUT2D eigenvalue weighted by molar-refractivity contribution is 0.340. The fourth-order valence-electron chi connectivity index (χ4n) is 1.65. The van der Waals surface area contributed by atoms with E-state index < -0.39 is 0 Å². The van der Waals surface area contributed by atoms with Gasteiger partial charge >= 0.3 is 0 Å². The molecule has 2 rings (SSSR count). The minimum absolute atomic E-state index is 0.564.